The maximum atomic E-state index is 12.3. The molecular weight excluding hydrogens is 342 g/mol. The Kier molecular flexibility index (Phi) is 5.58. The second-order valence-electron chi connectivity index (χ2n) is 6.51. The van der Waals surface area contributed by atoms with Crippen LogP contribution in [0.1, 0.15) is 25.7 Å². The molecule has 7 heteroatoms. The van der Waals surface area contributed by atoms with Crippen molar-refractivity contribution < 1.29 is 14.4 Å². The summed E-state index contributed by atoms with van der Waals surface area (Å²) in [5, 5.41) is 3.45. The Labute approximate surface area is 152 Å². The van der Waals surface area contributed by atoms with Gasteiger partial charge in [0.05, 0.1) is 5.92 Å². The molecule has 2 aliphatic heterocycles. The molecule has 2 saturated heterocycles. The molecule has 25 heavy (non-hydrogen) atoms. The molecule has 1 atom stereocenters. The van der Waals surface area contributed by atoms with Crippen LogP contribution in [-0.4, -0.2) is 48.8 Å². The maximum Gasteiger partial charge on any atom is 0.227 e. The summed E-state index contributed by atoms with van der Waals surface area (Å²) in [6.45, 7) is 2.38. The summed E-state index contributed by atoms with van der Waals surface area (Å²) in [4.78, 5) is 39.5. The average molecular weight is 364 g/mol. The summed E-state index contributed by atoms with van der Waals surface area (Å²) in [7, 11) is 0. The molecule has 1 aromatic rings. The number of carbonyl (C=O) groups excluding carboxylic acids is 3. The lowest BCUT2D eigenvalue weighted by molar-refractivity contribution is -0.127. The van der Waals surface area contributed by atoms with Crippen molar-refractivity contribution in [2.24, 2.45) is 5.92 Å². The fourth-order valence-corrected chi connectivity index (χ4v) is 3.53. The van der Waals surface area contributed by atoms with E-state index in [1.165, 1.54) is 0 Å². The van der Waals surface area contributed by atoms with Crippen molar-refractivity contribution >= 4 is 35.0 Å². The fourth-order valence-electron chi connectivity index (χ4n) is 3.34. The Morgan fingerprint density at radius 2 is 2.12 bits per heavy atom. The second-order valence-corrected chi connectivity index (χ2v) is 6.95. The largest absolute Gasteiger partial charge is 0.356 e. The first-order valence-electron chi connectivity index (χ1n) is 8.66. The van der Waals surface area contributed by atoms with E-state index in [1.807, 2.05) is 11.0 Å². The summed E-state index contributed by atoms with van der Waals surface area (Å²) < 4.78 is 0. The van der Waals surface area contributed by atoms with Crippen LogP contribution in [0.25, 0.3) is 0 Å². The second kappa shape index (κ2) is 7.87. The molecule has 2 aliphatic rings. The molecule has 134 valence electrons. The first-order valence-corrected chi connectivity index (χ1v) is 9.04. The van der Waals surface area contributed by atoms with E-state index >= 15 is 0 Å². The number of benzene rings is 1. The van der Waals surface area contributed by atoms with E-state index in [0.29, 0.717) is 31.1 Å². The van der Waals surface area contributed by atoms with Gasteiger partial charge in [0.2, 0.25) is 17.7 Å². The van der Waals surface area contributed by atoms with Crippen molar-refractivity contribution in [2.45, 2.75) is 25.7 Å². The van der Waals surface area contributed by atoms with Crippen LogP contribution in [0.2, 0.25) is 5.02 Å². The Balaban J connectivity index is 1.45. The van der Waals surface area contributed by atoms with E-state index in [0.717, 1.165) is 25.1 Å². The predicted octanol–water partition coefficient (Wildman–Crippen LogP) is 1.82. The van der Waals surface area contributed by atoms with Gasteiger partial charge in [-0.2, -0.15) is 0 Å². The van der Waals surface area contributed by atoms with Crippen molar-refractivity contribution in [3.05, 3.63) is 29.3 Å². The number of carbonyl (C=O) groups is 3. The number of rotatable bonds is 6. The zero-order valence-corrected chi connectivity index (χ0v) is 14.8. The lowest BCUT2D eigenvalue weighted by Gasteiger charge is -2.17. The maximum absolute atomic E-state index is 12.3. The van der Waals surface area contributed by atoms with Crippen LogP contribution in [0, 0.1) is 5.92 Å². The summed E-state index contributed by atoms with van der Waals surface area (Å²) in [5.41, 5.74) is 0.723. The number of likely N-dealkylation sites (tertiary alicyclic amines) is 1. The van der Waals surface area contributed by atoms with Gasteiger partial charge >= 0.3 is 0 Å². The van der Waals surface area contributed by atoms with Crippen molar-refractivity contribution in [1.82, 2.24) is 10.2 Å². The van der Waals surface area contributed by atoms with Gasteiger partial charge in [0.25, 0.3) is 0 Å². The number of amides is 3. The first kappa shape index (κ1) is 17.7. The molecule has 2 heterocycles. The van der Waals surface area contributed by atoms with E-state index in [-0.39, 0.29) is 30.1 Å². The van der Waals surface area contributed by atoms with Gasteiger partial charge in [0.1, 0.15) is 0 Å². The molecule has 6 nitrogen and oxygen atoms in total. The molecule has 0 bridgehead atoms. The number of nitrogens with one attached hydrogen (secondary N) is 1. The summed E-state index contributed by atoms with van der Waals surface area (Å²) in [5.74, 6) is -0.319. The van der Waals surface area contributed by atoms with Gasteiger partial charge < -0.3 is 15.1 Å². The molecule has 1 N–H and O–H groups in total. The van der Waals surface area contributed by atoms with Crippen LogP contribution in [0.5, 0.6) is 0 Å². The number of hydrogen-bond donors (Lipinski definition) is 1. The van der Waals surface area contributed by atoms with Crippen molar-refractivity contribution in [1.29, 1.82) is 0 Å². The lowest BCUT2D eigenvalue weighted by Crippen LogP contribution is -2.35. The van der Waals surface area contributed by atoms with Crippen LogP contribution in [-0.2, 0) is 14.4 Å². The summed E-state index contributed by atoms with van der Waals surface area (Å²) in [6, 6.07) is 7.09. The molecule has 0 aromatic heterocycles. The Bertz CT molecular complexity index is 679. The first-order chi connectivity index (χ1) is 12.0. The van der Waals surface area contributed by atoms with Gasteiger partial charge in [0.15, 0.2) is 0 Å². The van der Waals surface area contributed by atoms with Gasteiger partial charge in [-0.3, -0.25) is 14.4 Å². The van der Waals surface area contributed by atoms with E-state index in [9.17, 15) is 14.4 Å². The standard InChI is InChI=1S/C18H22ClN3O3/c19-14-4-1-5-15(11-14)22-12-13(10-17(22)24)18(25)20-7-3-9-21-8-2-6-16(21)23/h1,4-5,11,13H,2-3,6-10,12H2,(H,20,25). The van der Waals surface area contributed by atoms with E-state index < -0.39 is 0 Å². The zero-order chi connectivity index (χ0) is 17.8. The molecule has 0 spiro atoms. The molecular formula is C18H22ClN3O3. The van der Waals surface area contributed by atoms with Gasteiger partial charge in [-0.15, -0.1) is 0 Å². The van der Waals surface area contributed by atoms with Crippen LogP contribution in [0.4, 0.5) is 5.69 Å². The highest BCUT2D eigenvalue weighted by Crippen LogP contribution is 2.27. The smallest absolute Gasteiger partial charge is 0.227 e. The fraction of sp³-hybridized carbons (Fsp3) is 0.500. The highest BCUT2D eigenvalue weighted by atomic mass is 35.5. The Hall–Kier alpha value is -2.08. The third kappa shape index (κ3) is 4.31. The Morgan fingerprint density at radius 1 is 1.28 bits per heavy atom. The number of nitrogens with zero attached hydrogens (tertiary/aromatic N) is 2. The van der Waals surface area contributed by atoms with Crippen molar-refractivity contribution in [3.8, 4) is 0 Å². The molecule has 0 aliphatic carbocycles. The minimum Gasteiger partial charge on any atom is -0.356 e. The van der Waals surface area contributed by atoms with Gasteiger partial charge in [0, 0.05) is 49.7 Å². The third-order valence-electron chi connectivity index (χ3n) is 4.69. The summed E-state index contributed by atoms with van der Waals surface area (Å²) >= 11 is 5.97. The minimum atomic E-state index is -0.347. The van der Waals surface area contributed by atoms with Gasteiger partial charge in [-0.1, -0.05) is 17.7 Å². The monoisotopic (exact) mass is 363 g/mol. The van der Waals surface area contributed by atoms with Crippen LogP contribution in [0.15, 0.2) is 24.3 Å². The van der Waals surface area contributed by atoms with Crippen LogP contribution < -0.4 is 10.2 Å². The molecule has 0 radical (unpaired) electrons. The molecule has 0 saturated carbocycles. The van der Waals surface area contributed by atoms with Crippen molar-refractivity contribution in [3.63, 3.8) is 0 Å². The molecule has 1 aromatic carbocycles. The molecule has 1 unspecified atom stereocenters. The normalized spacial score (nSPS) is 20.4. The number of anilines is 1. The Morgan fingerprint density at radius 3 is 2.84 bits per heavy atom. The number of halogens is 1. The molecule has 3 rings (SSSR count). The van der Waals surface area contributed by atoms with Crippen LogP contribution in [0.3, 0.4) is 0 Å². The summed E-state index contributed by atoms with van der Waals surface area (Å²) in [6.07, 6.45) is 2.50. The lowest BCUT2D eigenvalue weighted by atomic mass is 10.1. The average Bonchev–Trinajstić information content (AvgIpc) is 3.17. The van der Waals surface area contributed by atoms with E-state index in [2.05, 4.69) is 5.32 Å². The third-order valence-corrected chi connectivity index (χ3v) is 4.93. The predicted molar refractivity (Wildman–Crippen MR) is 95.4 cm³/mol. The molecule has 3 amide bonds. The quantitative estimate of drug-likeness (QED) is 0.784. The highest BCUT2D eigenvalue weighted by Gasteiger charge is 2.35. The minimum absolute atomic E-state index is 0.0647. The van der Waals surface area contributed by atoms with Crippen LogP contribution >= 0.6 is 11.6 Å². The molecule has 2 fully saturated rings. The van der Waals surface area contributed by atoms with Gasteiger partial charge in [-0.05, 0) is 31.0 Å². The van der Waals surface area contributed by atoms with Gasteiger partial charge in [-0.25, -0.2) is 0 Å². The van der Waals surface area contributed by atoms with Crippen molar-refractivity contribution in [2.75, 3.05) is 31.1 Å². The SMILES string of the molecule is O=C(NCCCN1CCCC1=O)C1CC(=O)N(c2cccc(Cl)c2)C1. The topological polar surface area (TPSA) is 69.7 Å². The highest BCUT2D eigenvalue weighted by molar-refractivity contribution is 6.31. The van der Waals surface area contributed by atoms with E-state index in [1.54, 1.807) is 23.1 Å². The zero-order valence-electron chi connectivity index (χ0n) is 14.0. The number of hydrogen-bond acceptors (Lipinski definition) is 3. The van der Waals surface area contributed by atoms with E-state index in [4.69, 9.17) is 11.6 Å².